The fourth-order valence-corrected chi connectivity index (χ4v) is 4.20. The van der Waals surface area contributed by atoms with E-state index in [1.54, 1.807) is 27.9 Å². The fraction of sp³-hybridized carbons (Fsp3) is 0.789. The van der Waals surface area contributed by atoms with Gasteiger partial charge >= 0.3 is 18.0 Å². The average Bonchev–Trinajstić information content (AvgIpc) is 3.22. The normalized spacial score (nSPS) is 11.5. The molecule has 0 heterocycles. The number of carboxylic acid groups (broad SMARTS) is 1. The van der Waals surface area contributed by atoms with Gasteiger partial charge in [0.25, 0.3) is 0 Å². The molecule has 364 valence electrons. The van der Waals surface area contributed by atoms with Crippen LogP contribution in [0.5, 0.6) is 0 Å². The van der Waals surface area contributed by atoms with Crippen molar-refractivity contribution in [2.24, 2.45) is 0 Å². The van der Waals surface area contributed by atoms with Crippen molar-refractivity contribution in [3.8, 4) is 0 Å². The fourth-order valence-electron chi connectivity index (χ4n) is 4.20. The first kappa shape index (κ1) is 58.2. The van der Waals surface area contributed by atoms with Crippen LogP contribution in [-0.2, 0) is 80.9 Å². The van der Waals surface area contributed by atoms with E-state index in [4.69, 9.17) is 52.5 Å². The van der Waals surface area contributed by atoms with E-state index in [1.165, 1.54) is 0 Å². The van der Waals surface area contributed by atoms with E-state index in [9.17, 15) is 38.4 Å². The highest BCUT2D eigenvalue weighted by Gasteiger charge is 2.23. The molecule has 0 rings (SSSR count). The van der Waals surface area contributed by atoms with Crippen LogP contribution in [0.2, 0.25) is 0 Å². The lowest BCUT2D eigenvalue weighted by Gasteiger charge is -2.19. The molecule has 0 bridgehead atoms. The number of carboxylic acids is 1. The Bertz CT molecular complexity index is 1320. The van der Waals surface area contributed by atoms with Crippen LogP contribution in [0, 0.1) is 0 Å². The Kier molecular flexibility index (Phi) is 35.9. The molecule has 63 heavy (non-hydrogen) atoms. The molecule has 6 amide bonds. The molecule has 0 aromatic carbocycles. The van der Waals surface area contributed by atoms with Crippen LogP contribution < -0.4 is 31.9 Å². The van der Waals surface area contributed by atoms with Crippen molar-refractivity contribution in [3.63, 3.8) is 0 Å². The van der Waals surface area contributed by atoms with Crippen LogP contribution in [0.3, 0.4) is 0 Å². The van der Waals surface area contributed by atoms with Crippen molar-refractivity contribution in [1.29, 1.82) is 0 Å². The third-order valence-corrected chi connectivity index (χ3v) is 7.17. The summed E-state index contributed by atoms with van der Waals surface area (Å²) in [4.78, 5) is 96.0. The smallest absolute Gasteiger partial charge is 0.407 e. The number of aliphatic carboxylic acids is 1. The van der Waals surface area contributed by atoms with Gasteiger partial charge in [-0.1, -0.05) is 0 Å². The van der Waals surface area contributed by atoms with E-state index in [2.05, 4.69) is 31.9 Å². The number of carbonyl (C=O) groups excluding carboxylic acids is 7. The van der Waals surface area contributed by atoms with Gasteiger partial charge in [-0.3, -0.25) is 33.6 Å². The predicted octanol–water partition coefficient (Wildman–Crippen LogP) is -2.98. The molecule has 0 saturated heterocycles. The highest BCUT2D eigenvalue weighted by atomic mass is 16.6. The van der Waals surface area contributed by atoms with Crippen molar-refractivity contribution in [1.82, 2.24) is 31.9 Å². The van der Waals surface area contributed by atoms with Crippen LogP contribution in [0.4, 0.5) is 4.79 Å². The summed E-state index contributed by atoms with van der Waals surface area (Å²) in [6, 6.07) is -1.42. The number of alkyl carbamates (subject to hydrolysis) is 1. The summed E-state index contributed by atoms with van der Waals surface area (Å²) in [5.74, 6) is -5.43. The lowest BCUT2D eigenvalue weighted by molar-refractivity contribution is -0.155. The quantitative estimate of drug-likeness (QED) is 0.0238. The van der Waals surface area contributed by atoms with Crippen LogP contribution in [0.15, 0.2) is 0 Å². The topological polar surface area (TPSA) is 321 Å². The standard InChI is InChI=1S/C38H68N6O19/c1-38(2,3)63-35(51)6-5-30(45)41-25-31(46)42-26-32(47)43-27-33(48)44-29(28-62-37(53)40-8-7-34(49)50)36(52)39-9-10-55-13-14-57-17-18-59-21-22-61-24-23-60-20-19-58-16-15-56-12-11-54-4/h29H,5-28H2,1-4H3,(H,39,52)(H,40,53)(H,41,45)(H,42,46)(H,43,47)(H,44,48)(H,49,50). The molecule has 0 aromatic heterocycles. The molecule has 0 radical (unpaired) electrons. The van der Waals surface area contributed by atoms with Gasteiger partial charge in [-0.05, 0) is 20.8 Å². The Hall–Kier alpha value is -4.76. The third kappa shape index (κ3) is 41.0. The molecule has 1 unspecified atom stereocenters. The number of rotatable bonds is 40. The highest BCUT2D eigenvalue weighted by Crippen LogP contribution is 2.09. The first-order valence-electron chi connectivity index (χ1n) is 20.4. The van der Waals surface area contributed by atoms with E-state index in [0.717, 1.165) is 0 Å². The number of methoxy groups -OCH3 is 1. The molecule has 1 atom stereocenters. The number of nitrogens with one attached hydrogen (secondary N) is 6. The zero-order chi connectivity index (χ0) is 47.0. The zero-order valence-electron chi connectivity index (χ0n) is 36.8. The molecule has 0 aliphatic carbocycles. The molecule has 0 spiro atoms. The van der Waals surface area contributed by atoms with Gasteiger partial charge in [0.05, 0.1) is 132 Å². The van der Waals surface area contributed by atoms with Crippen molar-refractivity contribution in [2.45, 2.75) is 51.7 Å². The number of esters is 1. The van der Waals surface area contributed by atoms with Crippen molar-refractivity contribution >= 4 is 47.6 Å². The number of ether oxygens (including phenoxy) is 10. The van der Waals surface area contributed by atoms with Gasteiger partial charge in [0.2, 0.25) is 29.5 Å². The van der Waals surface area contributed by atoms with E-state index in [-0.39, 0.29) is 52.2 Å². The first-order valence-corrected chi connectivity index (χ1v) is 20.4. The van der Waals surface area contributed by atoms with Gasteiger partial charge in [0.15, 0.2) is 0 Å². The summed E-state index contributed by atoms with van der Waals surface area (Å²) >= 11 is 0. The SMILES string of the molecule is COCCOCCOCCOCCOCCOCCOCCOCCNC(=O)C(COC(=O)NCCC(=O)O)NC(=O)CNC(=O)CNC(=O)CNC(=O)CCC(=O)OC(C)(C)C. The van der Waals surface area contributed by atoms with Gasteiger partial charge in [-0.25, -0.2) is 4.79 Å². The van der Waals surface area contributed by atoms with Crippen molar-refractivity contribution in [3.05, 3.63) is 0 Å². The summed E-state index contributed by atoms with van der Waals surface area (Å²) in [6.07, 6.45) is -1.81. The highest BCUT2D eigenvalue weighted by molar-refractivity contribution is 5.92. The second kappa shape index (κ2) is 38.9. The Morgan fingerprint density at radius 2 is 0.921 bits per heavy atom. The molecule has 0 saturated carbocycles. The van der Waals surface area contributed by atoms with Crippen LogP contribution in [0.1, 0.15) is 40.0 Å². The van der Waals surface area contributed by atoms with E-state index >= 15 is 0 Å². The van der Waals surface area contributed by atoms with E-state index in [1.807, 2.05) is 0 Å². The molecule has 0 aliphatic rings. The van der Waals surface area contributed by atoms with Gasteiger partial charge in [-0.2, -0.15) is 0 Å². The summed E-state index contributed by atoms with van der Waals surface area (Å²) in [7, 11) is 1.61. The third-order valence-electron chi connectivity index (χ3n) is 7.17. The molecular weight excluding hydrogens is 844 g/mol. The number of hydrogen-bond acceptors (Lipinski definition) is 18. The molecule has 25 heteroatoms. The van der Waals surface area contributed by atoms with Crippen LogP contribution >= 0.6 is 0 Å². The summed E-state index contributed by atoms with van der Waals surface area (Å²) in [6.45, 7) is 8.33. The second-order valence-electron chi connectivity index (χ2n) is 13.8. The Balaban J connectivity index is 4.29. The minimum Gasteiger partial charge on any atom is -0.481 e. The maximum absolute atomic E-state index is 12.8. The largest absolute Gasteiger partial charge is 0.481 e. The maximum atomic E-state index is 12.8. The average molecular weight is 913 g/mol. The molecule has 0 aliphatic heterocycles. The van der Waals surface area contributed by atoms with Crippen LogP contribution in [-0.4, -0.2) is 210 Å². The number of carbonyl (C=O) groups is 8. The monoisotopic (exact) mass is 912 g/mol. The van der Waals surface area contributed by atoms with Gasteiger partial charge in [0.1, 0.15) is 18.2 Å². The van der Waals surface area contributed by atoms with Crippen LogP contribution in [0.25, 0.3) is 0 Å². The zero-order valence-corrected chi connectivity index (χ0v) is 36.8. The van der Waals surface area contributed by atoms with Crippen molar-refractivity contribution in [2.75, 3.05) is 146 Å². The first-order chi connectivity index (χ1) is 30.1. The van der Waals surface area contributed by atoms with Gasteiger partial charge < -0.3 is 84.4 Å². The maximum Gasteiger partial charge on any atom is 0.407 e. The predicted molar refractivity (Wildman–Crippen MR) is 218 cm³/mol. The van der Waals surface area contributed by atoms with Gasteiger partial charge in [0, 0.05) is 26.6 Å². The Morgan fingerprint density at radius 1 is 0.492 bits per heavy atom. The minimum atomic E-state index is -1.42. The molecule has 7 N–H and O–H groups in total. The minimum absolute atomic E-state index is 0.00366. The molecule has 0 fully saturated rings. The molecule has 25 nitrogen and oxygen atoms in total. The summed E-state index contributed by atoms with van der Waals surface area (Å²) in [5.41, 5.74) is -0.705. The Labute approximate surface area is 367 Å². The van der Waals surface area contributed by atoms with E-state index in [0.29, 0.717) is 79.3 Å². The second-order valence-corrected chi connectivity index (χ2v) is 13.8. The lowest BCUT2D eigenvalue weighted by Crippen LogP contribution is -2.53. The summed E-state index contributed by atoms with van der Waals surface area (Å²) < 4.78 is 52.8. The molecule has 0 aromatic rings. The number of hydrogen-bond donors (Lipinski definition) is 7. The number of amides is 6. The van der Waals surface area contributed by atoms with Crippen molar-refractivity contribution < 1.29 is 90.8 Å². The lowest BCUT2D eigenvalue weighted by atomic mass is 10.2. The molecular formula is C38H68N6O19. The Morgan fingerprint density at radius 3 is 1.37 bits per heavy atom. The van der Waals surface area contributed by atoms with E-state index < -0.39 is 85.5 Å². The van der Waals surface area contributed by atoms with Gasteiger partial charge in [-0.15, -0.1) is 0 Å². The summed E-state index contributed by atoms with van der Waals surface area (Å²) in [5, 5.41) is 22.6.